The topological polar surface area (TPSA) is 120 Å². The zero-order chi connectivity index (χ0) is 17.2. The Morgan fingerprint density at radius 1 is 1.36 bits per heavy atom. The fraction of sp³-hybridized carbons (Fsp3) is 0.214. The number of oxazole rings is 1. The average Bonchev–Trinajstić information content (AvgIpc) is 3.35. The molecular formula is C14H13ClN8O2. The van der Waals surface area contributed by atoms with Gasteiger partial charge in [0.2, 0.25) is 5.82 Å². The number of ether oxygens (including phenoxy) is 1. The zero-order valence-electron chi connectivity index (χ0n) is 13.1. The van der Waals surface area contributed by atoms with E-state index in [9.17, 15) is 0 Å². The van der Waals surface area contributed by atoms with Crippen LogP contribution in [-0.4, -0.2) is 48.6 Å². The summed E-state index contributed by atoms with van der Waals surface area (Å²) in [5.74, 6) is 1.14. The van der Waals surface area contributed by atoms with Gasteiger partial charge in [-0.15, -0.1) is 0 Å². The lowest BCUT2D eigenvalue weighted by Crippen LogP contribution is -2.06. The Morgan fingerprint density at radius 2 is 2.28 bits per heavy atom. The molecule has 2 N–H and O–H groups in total. The fourth-order valence-electron chi connectivity index (χ4n) is 2.28. The normalized spacial score (nSPS) is 11.3. The number of nitrogens with zero attached hydrogens (tertiary/aromatic N) is 6. The van der Waals surface area contributed by atoms with Crippen LogP contribution >= 0.6 is 11.6 Å². The minimum atomic E-state index is 0.313. The van der Waals surface area contributed by atoms with Crippen molar-refractivity contribution in [2.45, 2.75) is 6.54 Å². The number of anilines is 2. The van der Waals surface area contributed by atoms with E-state index in [2.05, 4.69) is 35.6 Å². The van der Waals surface area contributed by atoms with E-state index >= 15 is 0 Å². The Morgan fingerprint density at radius 3 is 3.08 bits per heavy atom. The fourth-order valence-corrected chi connectivity index (χ4v) is 2.50. The molecule has 0 spiro atoms. The molecule has 4 rings (SSSR count). The van der Waals surface area contributed by atoms with Crippen molar-refractivity contribution >= 4 is 34.1 Å². The van der Waals surface area contributed by atoms with Gasteiger partial charge in [0.05, 0.1) is 37.4 Å². The number of H-pyrrole nitrogens is 1. The molecular weight excluding hydrogens is 348 g/mol. The van der Waals surface area contributed by atoms with Crippen molar-refractivity contribution in [2.24, 2.45) is 0 Å². The summed E-state index contributed by atoms with van der Waals surface area (Å²) in [5.41, 5.74) is 1.86. The second kappa shape index (κ2) is 6.49. The average molecular weight is 361 g/mol. The monoisotopic (exact) mass is 360 g/mol. The molecule has 4 aromatic rings. The highest BCUT2D eigenvalue weighted by Crippen LogP contribution is 2.28. The number of aromatic nitrogens is 7. The molecule has 4 aromatic heterocycles. The van der Waals surface area contributed by atoms with Crippen LogP contribution in [0.5, 0.6) is 0 Å². The lowest BCUT2D eigenvalue weighted by atomic mass is 10.4. The summed E-state index contributed by atoms with van der Waals surface area (Å²) in [7, 11) is 1.62. The van der Waals surface area contributed by atoms with Crippen LogP contribution in [0.3, 0.4) is 0 Å². The van der Waals surface area contributed by atoms with Gasteiger partial charge in [0.25, 0.3) is 5.89 Å². The molecule has 0 unspecified atom stereocenters. The Bertz CT molecular complexity index is 994. The number of methoxy groups -OCH3 is 1. The highest BCUT2D eigenvalue weighted by atomic mass is 35.5. The molecule has 128 valence electrons. The first-order valence-corrected chi connectivity index (χ1v) is 7.72. The van der Waals surface area contributed by atoms with Crippen molar-refractivity contribution in [1.82, 2.24) is 34.9 Å². The van der Waals surface area contributed by atoms with Crippen LogP contribution in [0.4, 0.5) is 11.5 Å². The first-order valence-electron chi connectivity index (χ1n) is 7.34. The summed E-state index contributed by atoms with van der Waals surface area (Å²) in [4.78, 5) is 12.9. The molecule has 0 saturated heterocycles. The summed E-state index contributed by atoms with van der Waals surface area (Å²) in [6.07, 6.45) is 6.20. The molecule has 11 heteroatoms. The molecule has 25 heavy (non-hydrogen) atoms. The number of nitrogens with one attached hydrogen (secondary N) is 2. The van der Waals surface area contributed by atoms with Crippen LogP contribution in [0, 0.1) is 0 Å². The summed E-state index contributed by atoms with van der Waals surface area (Å²) < 4.78 is 11.9. The predicted molar refractivity (Wildman–Crippen MR) is 89.6 cm³/mol. The van der Waals surface area contributed by atoms with E-state index in [1.807, 2.05) is 0 Å². The summed E-state index contributed by atoms with van der Waals surface area (Å²) in [6.45, 7) is 1.05. The van der Waals surface area contributed by atoms with E-state index in [-0.39, 0.29) is 0 Å². The molecule has 0 amide bonds. The van der Waals surface area contributed by atoms with Crippen LogP contribution in [-0.2, 0) is 11.3 Å². The third-order valence-corrected chi connectivity index (χ3v) is 3.86. The minimum absolute atomic E-state index is 0.313. The lowest BCUT2D eigenvalue weighted by Gasteiger charge is -2.07. The molecule has 0 aliphatic carbocycles. The van der Waals surface area contributed by atoms with E-state index in [1.54, 1.807) is 24.2 Å². The third-order valence-electron chi connectivity index (χ3n) is 3.46. The van der Waals surface area contributed by atoms with E-state index in [0.717, 1.165) is 0 Å². The summed E-state index contributed by atoms with van der Waals surface area (Å²) >= 11 is 6.36. The number of rotatable bonds is 6. The highest BCUT2D eigenvalue weighted by Gasteiger charge is 2.16. The molecule has 0 aromatic carbocycles. The number of halogens is 1. The maximum Gasteiger partial charge on any atom is 0.264 e. The van der Waals surface area contributed by atoms with Gasteiger partial charge >= 0.3 is 0 Å². The van der Waals surface area contributed by atoms with Gasteiger partial charge in [0.1, 0.15) is 17.3 Å². The molecule has 0 atom stereocenters. The van der Waals surface area contributed by atoms with Crippen molar-refractivity contribution in [2.75, 3.05) is 19.0 Å². The van der Waals surface area contributed by atoms with Gasteiger partial charge in [-0.2, -0.15) is 10.2 Å². The van der Waals surface area contributed by atoms with Crippen LogP contribution in [0.15, 0.2) is 29.3 Å². The smallest absolute Gasteiger partial charge is 0.264 e. The summed E-state index contributed by atoms with van der Waals surface area (Å²) in [6, 6.07) is 0. The largest absolute Gasteiger partial charge is 0.442 e. The van der Waals surface area contributed by atoms with Gasteiger partial charge in [-0.1, -0.05) is 11.6 Å². The van der Waals surface area contributed by atoms with Gasteiger partial charge in [-0.25, -0.2) is 19.6 Å². The van der Waals surface area contributed by atoms with E-state index in [4.69, 9.17) is 20.8 Å². The Hall–Kier alpha value is -2.98. The zero-order valence-corrected chi connectivity index (χ0v) is 13.9. The van der Waals surface area contributed by atoms with Gasteiger partial charge in [-0.05, 0) is 0 Å². The van der Waals surface area contributed by atoms with E-state index in [0.29, 0.717) is 52.6 Å². The quantitative estimate of drug-likeness (QED) is 0.537. The van der Waals surface area contributed by atoms with Crippen molar-refractivity contribution in [3.63, 3.8) is 0 Å². The third kappa shape index (κ3) is 2.92. The number of hydrogen-bond donors (Lipinski definition) is 2. The molecule has 0 aliphatic heterocycles. The van der Waals surface area contributed by atoms with E-state index < -0.39 is 0 Å². The van der Waals surface area contributed by atoms with Crippen molar-refractivity contribution in [1.29, 1.82) is 0 Å². The molecule has 0 bridgehead atoms. The first-order chi connectivity index (χ1) is 12.3. The first kappa shape index (κ1) is 15.5. The Kier molecular flexibility index (Phi) is 4.04. The number of aromatic amines is 1. The molecule has 0 aliphatic rings. The molecule has 0 saturated carbocycles. The van der Waals surface area contributed by atoms with Crippen LogP contribution in [0.2, 0.25) is 5.15 Å². The van der Waals surface area contributed by atoms with Gasteiger partial charge in [0.15, 0.2) is 11.0 Å². The van der Waals surface area contributed by atoms with Crippen molar-refractivity contribution < 1.29 is 9.15 Å². The lowest BCUT2D eigenvalue weighted by molar-refractivity contribution is 0.183. The maximum absolute atomic E-state index is 6.36. The second-order valence-electron chi connectivity index (χ2n) is 5.05. The Labute approximate surface area is 146 Å². The molecule has 0 fully saturated rings. The molecule has 10 nitrogen and oxygen atoms in total. The van der Waals surface area contributed by atoms with Gasteiger partial charge in [-0.3, -0.25) is 5.10 Å². The highest BCUT2D eigenvalue weighted by molar-refractivity contribution is 6.32. The predicted octanol–water partition coefficient (Wildman–Crippen LogP) is 2.25. The Balaban J connectivity index is 1.72. The van der Waals surface area contributed by atoms with Crippen LogP contribution in [0.25, 0.3) is 22.7 Å². The second-order valence-corrected chi connectivity index (χ2v) is 5.41. The van der Waals surface area contributed by atoms with Crippen molar-refractivity contribution in [3.05, 3.63) is 30.0 Å². The van der Waals surface area contributed by atoms with E-state index in [1.165, 1.54) is 12.5 Å². The SMILES string of the molecule is COCCn1ncc(Nc2nc(-c3ncco3)nc3cn[nH]c23)c1Cl. The van der Waals surface area contributed by atoms with Gasteiger partial charge in [0, 0.05) is 7.11 Å². The maximum atomic E-state index is 6.36. The standard InChI is InChI=1S/C14H13ClN8O2/c1-24-5-3-23-11(15)9(7-18-23)20-12-10-8(6-17-22-10)19-13(21-12)14-16-2-4-25-14/h2,4,6-7H,3,5H2,1H3,(H,17,22)(H,19,20,21). The molecule has 4 heterocycles. The van der Waals surface area contributed by atoms with Crippen LogP contribution < -0.4 is 5.32 Å². The van der Waals surface area contributed by atoms with Gasteiger partial charge < -0.3 is 14.5 Å². The summed E-state index contributed by atoms with van der Waals surface area (Å²) in [5, 5.41) is 14.7. The minimum Gasteiger partial charge on any atom is -0.442 e. The number of hydrogen-bond acceptors (Lipinski definition) is 8. The van der Waals surface area contributed by atoms with Crippen LogP contribution in [0.1, 0.15) is 0 Å². The molecule has 0 radical (unpaired) electrons. The van der Waals surface area contributed by atoms with Crippen molar-refractivity contribution in [3.8, 4) is 11.7 Å². The number of fused-ring (bicyclic) bond motifs is 1.